The van der Waals surface area contributed by atoms with Gasteiger partial charge in [-0.25, -0.2) is 0 Å². The summed E-state index contributed by atoms with van der Waals surface area (Å²) < 4.78 is 0. The average molecular weight is 334 g/mol. The standard InChI is InChI=1S/C17H26N4O3/c1-5-21(6-2)17(24)12-20(4)11-16(23)19-15-9-7-14(8-10-15)18-13(3)22/h7-10H,5-6,11-12H2,1-4H3,(H,18,22)(H,19,23). The Hall–Kier alpha value is -2.41. The highest BCUT2D eigenvalue weighted by Gasteiger charge is 2.14. The molecule has 7 heteroatoms. The number of hydrogen-bond donors (Lipinski definition) is 2. The van der Waals surface area contributed by atoms with Gasteiger partial charge >= 0.3 is 0 Å². The minimum Gasteiger partial charge on any atom is -0.342 e. The molecule has 0 atom stereocenters. The van der Waals surface area contributed by atoms with Crippen LogP contribution in [-0.4, -0.2) is 60.7 Å². The molecule has 0 aliphatic heterocycles. The molecule has 0 bridgehead atoms. The van der Waals surface area contributed by atoms with Crippen molar-refractivity contribution < 1.29 is 14.4 Å². The summed E-state index contributed by atoms with van der Waals surface area (Å²) in [4.78, 5) is 38.4. The molecule has 3 amide bonds. The van der Waals surface area contributed by atoms with Crippen LogP contribution in [0.3, 0.4) is 0 Å². The number of anilines is 2. The van der Waals surface area contributed by atoms with E-state index >= 15 is 0 Å². The number of carbonyl (C=O) groups is 3. The molecule has 0 saturated carbocycles. The van der Waals surface area contributed by atoms with Crippen LogP contribution in [0.1, 0.15) is 20.8 Å². The SMILES string of the molecule is CCN(CC)C(=O)CN(C)CC(=O)Nc1ccc(NC(C)=O)cc1. The molecule has 2 N–H and O–H groups in total. The minimum absolute atomic E-state index is 0.00922. The van der Waals surface area contributed by atoms with E-state index < -0.39 is 0 Å². The van der Waals surface area contributed by atoms with E-state index in [0.717, 1.165) is 0 Å². The van der Waals surface area contributed by atoms with E-state index in [1.54, 1.807) is 41.1 Å². The zero-order valence-electron chi connectivity index (χ0n) is 14.8. The smallest absolute Gasteiger partial charge is 0.238 e. The molecule has 1 aromatic rings. The molecule has 132 valence electrons. The van der Waals surface area contributed by atoms with Crippen LogP contribution >= 0.6 is 0 Å². The molecular formula is C17H26N4O3. The van der Waals surface area contributed by atoms with Crippen molar-refractivity contribution in [1.82, 2.24) is 9.80 Å². The van der Waals surface area contributed by atoms with Gasteiger partial charge in [0.15, 0.2) is 0 Å². The third-order valence-corrected chi connectivity index (χ3v) is 3.42. The molecule has 0 heterocycles. The molecular weight excluding hydrogens is 308 g/mol. The summed E-state index contributed by atoms with van der Waals surface area (Å²) in [6.45, 7) is 6.95. The van der Waals surface area contributed by atoms with Gasteiger partial charge in [0.2, 0.25) is 17.7 Å². The van der Waals surface area contributed by atoms with Crippen molar-refractivity contribution in [1.29, 1.82) is 0 Å². The topological polar surface area (TPSA) is 81.8 Å². The predicted octanol–water partition coefficient (Wildman–Crippen LogP) is 1.38. The Labute approximate surface area is 143 Å². The first-order valence-corrected chi connectivity index (χ1v) is 7.99. The van der Waals surface area contributed by atoms with Crippen molar-refractivity contribution in [3.05, 3.63) is 24.3 Å². The van der Waals surface area contributed by atoms with Crippen molar-refractivity contribution in [2.75, 3.05) is 43.9 Å². The van der Waals surface area contributed by atoms with Gasteiger partial charge in [-0.2, -0.15) is 0 Å². The van der Waals surface area contributed by atoms with Crippen LogP contribution in [0, 0.1) is 0 Å². The largest absolute Gasteiger partial charge is 0.342 e. The number of nitrogens with one attached hydrogen (secondary N) is 2. The minimum atomic E-state index is -0.197. The molecule has 0 saturated heterocycles. The maximum Gasteiger partial charge on any atom is 0.238 e. The second kappa shape index (κ2) is 9.67. The van der Waals surface area contributed by atoms with Crippen molar-refractivity contribution >= 4 is 29.1 Å². The molecule has 1 aromatic carbocycles. The molecule has 0 fully saturated rings. The van der Waals surface area contributed by atoms with Crippen molar-refractivity contribution in [3.63, 3.8) is 0 Å². The molecule has 0 aliphatic carbocycles. The van der Waals surface area contributed by atoms with Crippen LogP contribution < -0.4 is 10.6 Å². The number of rotatable bonds is 8. The summed E-state index contributed by atoms with van der Waals surface area (Å²) in [6.07, 6.45) is 0. The molecule has 0 aliphatic rings. The normalized spacial score (nSPS) is 10.4. The summed E-state index contributed by atoms with van der Waals surface area (Å²) in [5, 5.41) is 5.42. The number of nitrogens with zero attached hydrogens (tertiary/aromatic N) is 2. The maximum absolute atomic E-state index is 12.0. The lowest BCUT2D eigenvalue weighted by Crippen LogP contribution is -2.41. The van der Waals surface area contributed by atoms with E-state index in [0.29, 0.717) is 24.5 Å². The summed E-state index contributed by atoms with van der Waals surface area (Å²) >= 11 is 0. The van der Waals surface area contributed by atoms with E-state index in [9.17, 15) is 14.4 Å². The lowest BCUT2D eigenvalue weighted by atomic mass is 10.2. The molecule has 0 unspecified atom stereocenters. The average Bonchev–Trinajstić information content (AvgIpc) is 2.49. The first-order valence-electron chi connectivity index (χ1n) is 7.99. The molecule has 0 spiro atoms. The van der Waals surface area contributed by atoms with Crippen LogP contribution in [0.15, 0.2) is 24.3 Å². The third-order valence-electron chi connectivity index (χ3n) is 3.42. The van der Waals surface area contributed by atoms with Crippen molar-refractivity contribution in [2.24, 2.45) is 0 Å². The van der Waals surface area contributed by atoms with Gasteiger partial charge < -0.3 is 15.5 Å². The molecule has 1 rings (SSSR count). The maximum atomic E-state index is 12.0. The summed E-state index contributed by atoms with van der Waals surface area (Å²) in [5.41, 5.74) is 1.31. The van der Waals surface area contributed by atoms with Gasteiger partial charge in [0.1, 0.15) is 0 Å². The molecule has 7 nitrogen and oxygen atoms in total. The van der Waals surface area contributed by atoms with Gasteiger partial charge in [-0.05, 0) is 45.2 Å². The predicted molar refractivity (Wildman–Crippen MR) is 94.8 cm³/mol. The number of likely N-dealkylation sites (N-methyl/N-ethyl adjacent to an activating group) is 2. The van der Waals surface area contributed by atoms with E-state index in [1.165, 1.54) is 6.92 Å². The molecule has 0 aromatic heterocycles. The Balaban J connectivity index is 2.47. The van der Waals surface area contributed by atoms with Gasteiger partial charge in [0, 0.05) is 31.4 Å². The number of hydrogen-bond acceptors (Lipinski definition) is 4. The van der Waals surface area contributed by atoms with Gasteiger partial charge in [-0.15, -0.1) is 0 Å². The molecule has 0 radical (unpaired) electrons. The number of amides is 3. The van der Waals surface area contributed by atoms with E-state index in [2.05, 4.69) is 10.6 Å². The van der Waals surface area contributed by atoms with E-state index in [1.807, 2.05) is 13.8 Å². The van der Waals surface area contributed by atoms with Crippen LogP contribution in [-0.2, 0) is 14.4 Å². The highest BCUT2D eigenvalue weighted by Crippen LogP contribution is 2.13. The van der Waals surface area contributed by atoms with Gasteiger partial charge in [0.05, 0.1) is 13.1 Å². The summed E-state index contributed by atoms with van der Waals surface area (Å²) in [5.74, 6) is -0.335. The Kier molecular flexibility index (Phi) is 7.91. The second-order valence-electron chi connectivity index (χ2n) is 5.55. The second-order valence-corrected chi connectivity index (χ2v) is 5.55. The third kappa shape index (κ3) is 6.78. The Morgan fingerprint density at radius 2 is 1.42 bits per heavy atom. The number of benzene rings is 1. The quantitative estimate of drug-likeness (QED) is 0.752. The fourth-order valence-corrected chi connectivity index (χ4v) is 2.25. The van der Waals surface area contributed by atoms with Gasteiger partial charge in [0.25, 0.3) is 0 Å². The van der Waals surface area contributed by atoms with E-state index in [-0.39, 0.29) is 30.8 Å². The first-order chi connectivity index (χ1) is 11.3. The van der Waals surface area contributed by atoms with Crippen LogP contribution in [0.5, 0.6) is 0 Å². The van der Waals surface area contributed by atoms with Crippen LogP contribution in [0.2, 0.25) is 0 Å². The Morgan fingerprint density at radius 1 is 0.917 bits per heavy atom. The van der Waals surface area contributed by atoms with Gasteiger partial charge in [-0.1, -0.05) is 0 Å². The Bertz CT molecular complexity index is 568. The monoisotopic (exact) mass is 334 g/mol. The van der Waals surface area contributed by atoms with Gasteiger partial charge in [-0.3, -0.25) is 19.3 Å². The van der Waals surface area contributed by atoms with Crippen LogP contribution in [0.25, 0.3) is 0 Å². The van der Waals surface area contributed by atoms with E-state index in [4.69, 9.17) is 0 Å². The van der Waals surface area contributed by atoms with Crippen molar-refractivity contribution in [3.8, 4) is 0 Å². The van der Waals surface area contributed by atoms with Crippen LogP contribution in [0.4, 0.5) is 11.4 Å². The summed E-state index contributed by atoms with van der Waals surface area (Å²) in [7, 11) is 1.74. The lowest BCUT2D eigenvalue weighted by Gasteiger charge is -2.22. The zero-order valence-corrected chi connectivity index (χ0v) is 14.8. The highest BCUT2D eigenvalue weighted by molar-refractivity contribution is 5.93. The highest BCUT2D eigenvalue weighted by atomic mass is 16.2. The summed E-state index contributed by atoms with van der Waals surface area (Å²) in [6, 6.07) is 6.85. The lowest BCUT2D eigenvalue weighted by molar-refractivity contribution is -0.132. The fourth-order valence-electron chi connectivity index (χ4n) is 2.25. The Morgan fingerprint density at radius 3 is 1.88 bits per heavy atom. The fraction of sp³-hybridized carbons (Fsp3) is 0.471. The van der Waals surface area contributed by atoms with Crippen molar-refractivity contribution in [2.45, 2.75) is 20.8 Å². The molecule has 24 heavy (non-hydrogen) atoms. The zero-order chi connectivity index (χ0) is 18.1. The first kappa shape index (κ1) is 19.6. The number of carbonyl (C=O) groups excluding carboxylic acids is 3.